The average molecular weight is 396 g/mol. The fraction of sp³-hybridized carbons (Fsp3) is 0.273. The Balaban J connectivity index is 1.73. The number of fused-ring (bicyclic) bond motifs is 1. The minimum absolute atomic E-state index is 0.0756. The van der Waals surface area contributed by atoms with Crippen molar-refractivity contribution in [3.63, 3.8) is 0 Å². The molecule has 2 heterocycles. The molecule has 1 aromatic heterocycles. The second kappa shape index (κ2) is 8.29. The highest BCUT2D eigenvalue weighted by Crippen LogP contribution is 2.33. The normalized spacial score (nSPS) is 15.0. The quantitative estimate of drug-likeness (QED) is 0.499. The third-order valence-electron chi connectivity index (χ3n) is 4.99. The van der Waals surface area contributed by atoms with E-state index in [1.807, 2.05) is 18.0 Å². The average Bonchev–Trinajstić information content (AvgIpc) is 2.72. The van der Waals surface area contributed by atoms with Gasteiger partial charge >= 0.3 is 0 Å². The molecule has 4 rings (SSSR count). The van der Waals surface area contributed by atoms with Gasteiger partial charge in [-0.3, -0.25) is 9.78 Å². The van der Waals surface area contributed by atoms with Gasteiger partial charge in [0.15, 0.2) is 12.0 Å². The minimum atomic E-state index is -0.256. The topological polar surface area (TPSA) is 53.4 Å². The second-order valence-corrected chi connectivity index (χ2v) is 8.22. The number of benzene rings is 2. The Hall–Kier alpha value is -2.44. The molecule has 0 aliphatic carbocycles. The summed E-state index contributed by atoms with van der Waals surface area (Å²) in [6.45, 7) is 1.70. The molecular weight excluding hydrogens is 375 g/mol. The van der Waals surface area contributed by atoms with Crippen molar-refractivity contribution < 1.29 is 14.3 Å². The fourth-order valence-electron chi connectivity index (χ4n) is 3.53. The number of aldehydes is 1. The second-order valence-electron chi connectivity index (χ2n) is 7.04. The molecule has 1 N–H and O–H groups in total. The predicted octanol–water partition coefficient (Wildman–Crippen LogP) is 4.73. The maximum atomic E-state index is 13.1. The lowest BCUT2D eigenvalue weighted by molar-refractivity contribution is 0.112. The number of pyridine rings is 1. The Labute approximate surface area is 167 Å². The molecule has 0 spiro atoms. The zero-order chi connectivity index (χ0) is 19.5. The summed E-state index contributed by atoms with van der Waals surface area (Å²) in [5.74, 6) is 0.770. The summed E-state index contributed by atoms with van der Waals surface area (Å²) in [6, 6.07) is 10.2. The first-order valence-electron chi connectivity index (χ1n) is 9.35. The molecule has 3 aromatic rings. The molecule has 0 bridgehead atoms. The molecule has 1 fully saturated rings. The van der Waals surface area contributed by atoms with Crippen LogP contribution in [0.4, 0.5) is 4.39 Å². The van der Waals surface area contributed by atoms with Gasteiger partial charge in [-0.1, -0.05) is 24.1 Å². The van der Waals surface area contributed by atoms with Crippen LogP contribution in [0.5, 0.6) is 5.75 Å². The van der Waals surface area contributed by atoms with Crippen molar-refractivity contribution in [1.29, 1.82) is 0 Å². The zero-order valence-corrected chi connectivity index (χ0v) is 16.2. The lowest BCUT2D eigenvalue weighted by Gasteiger charge is -2.26. The summed E-state index contributed by atoms with van der Waals surface area (Å²) >= 11 is 1.82. The first-order chi connectivity index (χ1) is 13.6. The van der Waals surface area contributed by atoms with Gasteiger partial charge in [-0.2, -0.15) is 0 Å². The summed E-state index contributed by atoms with van der Waals surface area (Å²) in [5, 5.41) is 11.3. The number of aromatic hydroxyl groups is 1. The van der Waals surface area contributed by atoms with Crippen LogP contribution in [0.2, 0.25) is 0 Å². The number of hydrogen-bond donors (Lipinski definition) is 1. The third kappa shape index (κ3) is 4.03. The van der Waals surface area contributed by atoms with Gasteiger partial charge < -0.3 is 5.11 Å². The van der Waals surface area contributed by atoms with Crippen LogP contribution in [-0.4, -0.2) is 33.0 Å². The molecule has 4 nitrogen and oxygen atoms in total. The molecule has 0 amide bonds. The van der Waals surface area contributed by atoms with E-state index in [0.29, 0.717) is 24.8 Å². The van der Waals surface area contributed by atoms with Crippen LogP contribution < -0.4 is 0 Å². The molecule has 0 atom stereocenters. The van der Waals surface area contributed by atoms with E-state index in [2.05, 4.69) is 9.29 Å². The maximum Gasteiger partial charge on any atom is 0.153 e. The number of rotatable bonds is 5. The van der Waals surface area contributed by atoms with E-state index in [4.69, 9.17) is 0 Å². The number of halogens is 1. The van der Waals surface area contributed by atoms with E-state index in [1.165, 1.54) is 18.6 Å². The highest BCUT2D eigenvalue weighted by Gasteiger charge is 2.17. The maximum absolute atomic E-state index is 13.1. The smallest absolute Gasteiger partial charge is 0.153 e. The van der Waals surface area contributed by atoms with Crippen molar-refractivity contribution in [3.8, 4) is 5.75 Å². The Kier molecular flexibility index (Phi) is 5.59. The number of carbonyl (C=O) groups is 1. The summed E-state index contributed by atoms with van der Waals surface area (Å²) in [7, 11) is 0. The van der Waals surface area contributed by atoms with E-state index in [0.717, 1.165) is 40.8 Å². The summed E-state index contributed by atoms with van der Waals surface area (Å²) in [4.78, 5) is 15.9. The fourth-order valence-corrected chi connectivity index (χ4v) is 4.61. The molecule has 6 heteroatoms. The molecule has 0 radical (unpaired) electrons. The molecule has 1 aliphatic rings. The van der Waals surface area contributed by atoms with Gasteiger partial charge in [0.2, 0.25) is 0 Å². The standard InChI is InChI=1S/C22H21FN2O2S/c23-19-5-3-15(4-6-19)9-16-10-20-17(13-25-7-1-2-8-28-25)11-18(14-26)22(27)21(20)24-12-16/h3-6,10-12,14,27H,1-2,7-9,13H2. The zero-order valence-electron chi connectivity index (χ0n) is 15.4. The van der Waals surface area contributed by atoms with E-state index in [9.17, 15) is 14.3 Å². The number of aromatic nitrogens is 1. The first kappa shape index (κ1) is 18.9. The number of hydrogen-bond acceptors (Lipinski definition) is 5. The number of phenolic OH excluding ortho intramolecular Hbond substituents is 1. The summed E-state index contributed by atoms with van der Waals surface area (Å²) in [5.41, 5.74) is 3.67. The largest absolute Gasteiger partial charge is 0.505 e. The predicted molar refractivity (Wildman–Crippen MR) is 110 cm³/mol. The lowest BCUT2D eigenvalue weighted by atomic mass is 9.99. The molecule has 0 unspecified atom stereocenters. The van der Waals surface area contributed by atoms with Crippen molar-refractivity contribution in [3.05, 3.63) is 70.7 Å². The van der Waals surface area contributed by atoms with Crippen LogP contribution in [0.3, 0.4) is 0 Å². The van der Waals surface area contributed by atoms with Gasteiger partial charge in [-0.05, 0) is 60.2 Å². The van der Waals surface area contributed by atoms with Crippen LogP contribution in [0.1, 0.15) is 39.9 Å². The van der Waals surface area contributed by atoms with Gasteiger partial charge in [-0.15, -0.1) is 0 Å². The summed E-state index contributed by atoms with van der Waals surface area (Å²) in [6.07, 6.45) is 5.39. The van der Waals surface area contributed by atoms with Crippen molar-refractivity contribution in [2.75, 3.05) is 12.3 Å². The SMILES string of the molecule is O=Cc1cc(CN2CCCCS2)c2cc(Cc3ccc(F)cc3)cnc2c1O. The monoisotopic (exact) mass is 396 g/mol. The van der Waals surface area contributed by atoms with Gasteiger partial charge in [0, 0.05) is 30.4 Å². The lowest BCUT2D eigenvalue weighted by Crippen LogP contribution is -2.21. The molecule has 2 aromatic carbocycles. The van der Waals surface area contributed by atoms with E-state index in [1.54, 1.807) is 24.4 Å². The molecule has 1 aliphatic heterocycles. The molecule has 144 valence electrons. The minimum Gasteiger partial charge on any atom is -0.505 e. The highest BCUT2D eigenvalue weighted by atomic mass is 32.2. The Morgan fingerprint density at radius 2 is 2.00 bits per heavy atom. The van der Waals surface area contributed by atoms with Crippen LogP contribution in [-0.2, 0) is 13.0 Å². The van der Waals surface area contributed by atoms with Crippen molar-refractivity contribution in [2.45, 2.75) is 25.8 Å². The molecule has 1 saturated heterocycles. The van der Waals surface area contributed by atoms with Gasteiger partial charge in [0.1, 0.15) is 11.3 Å². The van der Waals surface area contributed by atoms with Crippen LogP contribution in [0, 0.1) is 5.82 Å². The van der Waals surface area contributed by atoms with Gasteiger partial charge in [-0.25, -0.2) is 8.70 Å². The van der Waals surface area contributed by atoms with Crippen molar-refractivity contribution >= 4 is 29.1 Å². The number of carbonyl (C=O) groups excluding carboxylic acids is 1. The van der Waals surface area contributed by atoms with Gasteiger partial charge in [0.05, 0.1) is 5.56 Å². The Morgan fingerprint density at radius 1 is 1.18 bits per heavy atom. The Morgan fingerprint density at radius 3 is 2.71 bits per heavy atom. The van der Waals surface area contributed by atoms with Crippen LogP contribution in [0.15, 0.2) is 42.6 Å². The summed E-state index contributed by atoms with van der Waals surface area (Å²) < 4.78 is 15.5. The first-order valence-corrected chi connectivity index (χ1v) is 10.3. The van der Waals surface area contributed by atoms with Crippen LogP contribution in [0.25, 0.3) is 10.9 Å². The number of nitrogens with zero attached hydrogens (tertiary/aromatic N) is 2. The van der Waals surface area contributed by atoms with E-state index in [-0.39, 0.29) is 17.1 Å². The number of phenols is 1. The van der Waals surface area contributed by atoms with E-state index < -0.39 is 0 Å². The molecule has 28 heavy (non-hydrogen) atoms. The third-order valence-corrected chi connectivity index (χ3v) is 6.14. The van der Waals surface area contributed by atoms with Gasteiger partial charge in [0.25, 0.3) is 0 Å². The van der Waals surface area contributed by atoms with Crippen molar-refractivity contribution in [2.24, 2.45) is 0 Å². The molecule has 0 saturated carbocycles. The molecular formula is C22H21FN2O2S. The van der Waals surface area contributed by atoms with Crippen molar-refractivity contribution in [1.82, 2.24) is 9.29 Å². The Bertz CT molecular complexity index is 1000. The van der Waals surface area contributed by atoms with Crippen LogP contribution >= 0.6 is 11.9 Å². The highest BCUT2D eigenvalue weighted by molar-refractivity contribution is 7.97. The van der Waals surface area contributed by atoms with E-state index >= 15 is 0 Å².